The summed E-state index contributed by atoms with van der Waals surface area (Å²) in [6, 6.07) is 1.80. The second-order valence-electron chi connectivity index (χ2n) is 3.04. The topological polar surface area (TPSA) is 56.7 Å². The van der Waals surface area contributed by atoms with Crippen molar-refractivity contribution in [1.82, 2.24) is 15.0 Å². The van der Waals surface area contributed by atoms with Crippen LogP contribution in [-0.4, -0.2) is 15.0 Å². The maximum Gasteiger partial charge on any atom is 0.0797 e. The van der Waals surface area contributed by atoms with E-state index in [9.17, 15) is 0 Å². The molecule has 2 heterocycles. The molecule has 15 heavy (non-hydrogen) atoms. The highest BCUT2D eigenvalue weighted by atomic mass is 79.9. The highest BCUT2D eigenvalue weighted by Crippen LogP contribution is 2.36. The van der Waals surface area contributed by atoms with Crippen LogP contribution < -0.4 is 5.73 Å². The summed E-state index contributed by atoms with van der Waals surface area (Å²) in [5.41, 5.74) is 8.06. The van der Waals surface area contributed by atoms with Crippen LogP contribution in [0.1, 0.15) is 17.3 Å². The summed E-state index contributed by atoms with van der Waals surface area (Å²) in [6.07, 6.45) is 1.68. The first-order valence-corrected chi connectivity index (χ1v) is 6.54. The SMILES string of the molecule is Cn1nncc1C(N)c1cc(Br)sc1Br. The van der Waals surface area contributed by atoms with E-state index < -0.39 is 0 Å². The van der Waals surface area contributed by atoms with Crippen LogP contribution in [0.5, 0.6) is 0 Å². The van der Waals surface area contributed by atoms with Gasteiger partial charge in [-0.1, -0.05) is 5.21 Å². The normalized spacial score (nSPS) is 13.1. The molecule has 1 unspecified atom stereocenters. The van der Waals surface area contributed by atoms with E-state index in [1.54, 1.807) is 22.2 Å². The highest BCUT2D eigenvalue weighted by molar-refractivity contribution is 9.12. The zero-order valence-electron chi connectivity index (χ0n) is 7.82. The van der Waals surface area contributed by atoms with Gasteiger partial charge in [0.1, 0.15) is 0 Å². The Hall–Kier alpha value is -0.240. The van der Waals surface area contributed by atoms with E-state index in [1.807, 2.05) is 13.1 Å². The van der Waals surface area contributed by atoms with Gasteiger partial charge in [-0.2, -0.15) is 0 Å². The van der Waals surface area contributed by atoms with E-state index in [2.05, 4.69) is 42.2 Å². The molecule has 4 nitrogen and oxygen atoms in total. The molecular formula is C8H8Br2N4S. The van der Waals surface area contributed by atoms with Crippen molar-refractivity contribution in [2.24, 2.45) is 12.8 Å². The average molecular weight is 352 g/mol. The molecule has 2 aromatic rings. The molecule has 0 amide bonds. The largest absolute Gasteiger partial charge is 0.319 e. The molecule has 0 aromatic carbocycles. The van der Waals surface area contributed by atoms with E-state index >= 15 is 0 Å². The fraction of sp³-hybridized carbons (Fsp3) is 0.250. The van der Waals surface area contributed by atoms with Crippen LogP contribution in [-0.2, 0) is 7.05 Å². The number of hydrogen-bond acceptors (Lipinski definition) is 4. The van der Waals surface area contributed by atoms with Gasteiger partial charge in [0, 0.05) is 12.6 Å². The Morgan fingerprint density at radius 1 is 1.53 bits per heavy atom. The first kappa shape index (κ1) is 11.3. The molecule has 80 valence electrons. The fourth-order valence-electron chi connectivity index (χ4n) is 1.30. The van der Waals surface area contributed by atoms with Gasteiger partial charge in [0.2, 0.25) is 0 Å². The molecule has 0 spiro atoms. The maximum atomic E-state index is 6.13. The predicted octanol–water partition coefficient (Wildman–Crippen LogP) is 2.45. The van der Waals surface area contributed by atoms with Crippen LogP contribution in [0.3, 0.4) is 0 Å². The van der Waals surface area contributed by atoms with Crippen LogP contribution >= 0.6 is 43.2 Å². The zero-order chi connectivity index (χ0) is 11.0. The fourth-order valence-corrected chi connectivity index (χ4v) is 4.23. The molecule has 1 atom stereocenters. The molecule has 0 aliphatic heterocycles. The minimum atomic E-state index is -0.207. The Balaban J connectivity index is 2.40. The van der Waals surface area contributed by atoms with E-state index in [0.29, 0.717) is 0 Å². The van der Waals surface area contributed by atoms with Gasteiger partial charge in [0.15, 0.2) is 0 Å². The van der Waals surface area contributed by atoms with Crippen LogP contribution in [0.25, 0.3) is 0 Å². The van der Waals surface area contributed by atoms with Gasteiger partial charge in [0.05, 0.1) is 25.5 Å². The Bertz CT molecular complexity index is 479. The van der Waals surface area contributed by atoms with Crippen LogP contribution in [0.4, 0.5) is 0 Å². The van der Waals surface area contributed by atoms with E-state index in [1.165, 1.54) is 0 Å². The van der Waals surface area contributed by atoms with E-state index in [0.717, 1.165) is 18.8 Å². The summed E-state index contributed by atoms with van der Waals surface area (Å²) >= 11 is 8.52. The Morgan fingerprint density at radius 2 is 2.27 bits per heavy atom. The summed E-state index contributed by atoms with van der Waals surface area (Å²) in [4.78, 5) is 0. The quantitative estimate of drug-likeness (QED) is 0.904. The monoisotopic (exact) mass is 350 g/mol. The molecule has 2 N–H and O–H groups in total. The lowest BCUT2D eigenvalue weighted by Gasteiger charge is -2.09. The Kier molecular flexibility index (Phi) is 3.24. The third-order valence-corrected chi connectivity index (χ3v) is 4.47. The lowest BCUT2D eigenvalue weighted by molar-refractivity contribution is 0.651. The number of halogens is 2. The second-order valence-corrected chi connectivity index (χ2v) is 6.79. The van der Waals surface area contributed by atoms with Gasteiger partial charge in [-0.15, -0.1) is 16.4 Å². The van der Waals surface area contributed by atoms with Crippen molar-refractivity contribution < 1.29 is 0 Å². The molecular weight excluding hydrogens is 344 g/mol. The van der Waals surface area contributed by atoms with Gasteiger partial charge in [-0.25, -0.2) is 0 Å². The molecule has 2 rings (SSSR count). The number of nitrogens with two attached hydrogens (primary N) is 1. The molecule has 0 saturated carbocycles. The maximum absolute atomic E-state index is 6.13. The van der Waals surface area contributed by atoms with Crippen molar-refractivity contribution >= 4 is 43.2 Å². The van der Waals surface area contributed by atoms with E-state index in [-0.39, 0.29) is 6.04 Å². The second kappa shape index (κ2) is 4.32. The van der Waals surface area contributed by atoms with Crippen LogP contribution in [0.15, 0.2) is 19.8 Å². The smallest absolute Gasteiger partial charge is 0.0797 e. The van der Waals surface area contributed by atoms with Crippen molar-refractivity contribution in [3.8, 4) is 0 Å². The number of rotatable bonds is 2. The zero-order valence-corrected chi connectivity index (χ0v) is 11.8. The number of hydrogen-bond donors (Lipinski definition) is 1. The lowest BCUT2D eigenvalue weighted by atomic mass is 10.1. The van der Waals surface area contributed by atoms with Gasteiger partial charge >= 0.3 is 0 Å². The molecule has 0 aliphatic carbocycles. The number of nitrogens with zero attached hydrogens (tertiary/aromatic N) is 3. The summed E-state index contributed by atoms with van der Waals surface area (Å²) in [7, 11) is 1.83. The van der Waals surface area contributed by atoms with Crippen molar-refractivity contribution in [2.75, 3.05) is 0 Å². The molecule has 0 aliphatic rings. The predicted molar refractivity (Wildman–Crippen MR) is 66.8 cm³/mol. The Morgan fingerprint density at radius 3 is 2.73 bits per heavy atom. The number of thiophene rings is 1. The van der Waals surface area contributed by atoms with Gasteiger partial charge in [0.25, 0.3) is 0 Å². The summed E-state index contributed by atoms with van der Waals surface area (Å²) in [6.45, 7) is 0. The lowest BCUT2D eigenvalue weighted by Crippen LogP contribution is -2.15. The standard InChI is InChI=1S/C8H8Br2N4S/c1-14-5(3-12-13-14)7(11)4-2-6(9)15-8(4)10/h2-3,7H,11H2,1H3. The number of aryl methyl sites for hydroxylation is 1. The third kappa shape index (κ3) is 2.15. The average Bonchev–Trinajstić information content (AvgIpc) is 2.71. The highest BCUT2D eigenvalue weighted by Gasteiger charge is 2.18. The summed E-state index contributed by atoms with van der Waals surface area (Å²) < 4.78 is 3.76. The third-order valence-electron chi connectivity index (χ3n) is 2.09. The first-order chi connectivity index (χ1) is 7.09. The van der Waals surface area contributed by atoms with Crippen molar-refractivity contribution in [3.63, 3.8) is 0 Å². The van der Waals surface area contributed by atoms with Crippen LogP contribution in [0, 0.1) is 0 Å². The van der Waals surface area contributed by atoms with Gasteiger partial charge in [-0.3, -0.25) is 4.68 Å². The van der Waals surface area contributed by atoms with Gasteiger partial charge < -0.3 is 5.73 Å². The minimum Gasteiger partial charge on any atom is -0.319 e. The van der Waals surface area contributed by atoms with Gasteiger partial charge in [-0.05, 0) is 37.9 Å². The minimum absolute atomic E-state index is 0.207. The molecule has 0 fully saturated rings. The van der Waals surface area contributed by atoms with Crippen molar-refractivity contribution in [2.45, 2.75) is 6.04 Å². The van der Waals surface area contributed by atoms with Crippen LogP contribution in [0.2, 0.25) is 0 Å². The Labute approximate surface area is 108 Å². The molecule has 0 bridgehead atoms. The first-order valence-electron chi connectivity index (χ1n) is 4.14. The summed E-state index contributed by atoms with van der Waals surface area (Å²) in [5, 5.41) is 7.68. The number of aromatic nitrogens is 3. The molecule has 2 aromatic heterocycles. The molecule has 7 heteroatoms. The molecule has 0 radical (unpaired) electrons. The summed E-state index contributed by atoms with van der Waals surface area (Å²) in [5.74, 6) is 0. The van der Waals surface area contributed by atoms with Crippen molar-refractivity contribution in [3.05, 3.63) is 31.1 Å². The molecule has 0 saturated heterocycles. The van der Waals surface area contributed by atoms with E-state index in [4.69, 9.17) is 5.73 Å². The van der Waals surface area contributed by atoms with Crippen molar-refractivity contribution in [1.29, 1.82) is 0 Å².